The van der Waals surface area contributed by atoms with Gasteiger partial charge in [-0.15, -0.1) is 0 Å². The second-order valence-electron chi connectivity index (χ2n) is 7.23. The van der Waals surface area contributed by atoms with E-state index < -0.39 is 45.8 Å². The van der Waals surface area contributed by atoms with E-state index in [1.54, 1.807) is 0 Å². The van der Waals surface area contributed by atoms with Crippen molar-refractivity contribution in [3.8, 4) is 0 Å². The van der Waals surface area contributed by atoms with E-state index in [4.69, 9.17) is 0 Å². The number of hydrogen-bond acceptors (Lipinski definition) is 4. The van der Waals surface area contributed by atoms with Gasteiger partial charge in [-0.1, -0.05) is 26.0 Å². The van der Waals surface area contributed by atoms with Gasteiger partial charge < -0.3 is 5.32 Å². The molecule has 0 radical (unpaired) electrons. The van der Waals surface area contributed by atoms with E-state index in [0.717, 1.165) is 23.5 Å². The highest BCUT2D eigenvalue weighted by Crippen LogP contribution is 2.38. The number of halogens is 2. The van der Waals surface area contributed by atoms with Gasteiger partial charge >= 0.3 is 6.03 Å². The van der Waals surface area contributed by atoms with Gasteiger partial charge in [-0.25, -0.2) is 22.0 Å². The zero-order chi connectivity index (χ0) is 22.1. The first-order valence-electron chi connectivity index (χ1n) is 9.30. The summed E-state index contributed by atoms with van der Waals surface area (Å²) < 4.78 is 54.3. The quantitative estimate of drug-likeness (QED) is 0.752. The van der Waals surface area contributed by atoms with E-state index in [-0.39, 0.29) is 14.9 Å². The van der Waals surface area contributed by atoms with Crippen molar-refractivity contribution in [1.82, 2.24) is 5.32 Å². The lowest BCUT2D eigenvalue weighted by atomic mass is 10.1. The fraction of sp³-hybridized carbons (Fsp3) is 0.300. The molecular weight excluding hydrogens is 416 g/mol. The van der Waals surface area contributed by atoms with Crippen LogP contribution in [0, 0.1) is 17.6 Å². The summed E-state index contributed by atoms with van der Waals surface area (Å²) in [5.74, 6) is -2.14. The molecule has 0 atom stereocenters. The number of carbonyl (C=O) groups is 2. The van der Waals surface area contributed by atoms with Gasteiger partial charge in [0.15, 0.2) is 0 Å². The molecule has 10 heteroatoms. The van der Waals surface area contributed by atoms with Crippen molar-refractivity contribution in [2.75, 3.05) is 22.3 Å². The van der Waals surface area contributed by atoms with Crippen LogP contribution >= 0.6 is 0 Å². The molecule has 0 fully saturated rings. The van der Waals surface area contributed by atoms with Crippen LogP contribution in [0.2, 0.25) is 0 Å². The fourth-order valence-corrected chi connectivity index (χ4v) is 4.63. The molecule has 0 saturated carbocycles. The number of anilines is 2. The van der Waals surface area contributed by atoms with Crippen LogP contribution in [0.1, 0.15) is 20.3 Å². The van der Waals surface area contributed by atoms with Crippen molar-refractivity contribution in [2.45, 2.75) is 25.2 Å². The minimum Gasteiger partial charge on any atom is -0.355 e. The summed E-state index contributed by atoms with van der Waals surface area (Å²) >= 11 is 0. The molecule has 0 unspecified atom stereocenters. The predicted octanol–water partition coefficient (Wildman–Crippen LogP) is 3.26. The number of fused-ring (bicyclic) bond motifs is 1. The Morgan fingerprint density at radius 1 is 1.10 bits per heavy atom. The zero-order valence-electron chi connectivity index (χ0n) is 16.4. The summed E-state index contributed by atoms with van der Waals surface area (Å²) in [5, 5.41) is 2.67. The maximum atomic E-state index is 14.4. The van der Waals surface area contributed by atoms with E-state index in [2.05, 4.69) is 5.32 Å². The molecule has 0 saturated heterocycles. The minimum atomic E-state index is -4.52. The number of benzene rings is 2. The van der Waals surface area contributed by atoms with Crippen molar-refractivity contribution in [3.63, 3.8) is 0 Å². The number of carbonyl (C=O) groups excluding carboxylic acids is 2. The number of hydrogen-bond donors (Lipinski definition) is 1. The summed E-state index contributed by atoms with van der Waals surface area (Å²) in [4.78, 5) is 26.1. The van der Waals surface area contributed by atoms with Crippen molar-refractivity contribution in [2.24, 2.45) is 5.92 Å². The molecule has 1 heterocycles. The first-order chi connectivity index (χ1) is 14.1. The van der Waals surface area contributed by atoms with Crippen LogP contribution in [0.4, 0.5) is 25.0 Å². The van der Waals surface area contributed by atoms with Crippen molar-refractivity contribution >= 4 is 33.3 Å². The third kappa shape index (κ3) is 4.13. The topological polar surface area (TPSA) is 86.8 Å². The Hall–Kier alpha value is -3.01. The van der Waals surface area contributed by atoms with Gasteiger partial charge in [-0.05, 0) is 36.6 Å². The molecule has 1 aliphatic rings. The molecule has 0 aromatic heterocycles. The monoisotopic (exact) mass is 437 g/mol. The van der Waals surface area contributed by atoms with E-state index >= 15 is 0 Å². The molecule has 1 N–H and O–H groups in total. The second-order valence-corrected chi connectivity index (χ2v) is 8.99. The number of urea groups is 1. The highest BCUT2D eigenvalue weighted by molar-refractivity contribution is 7.94. The van der Waals surface area contributed by atoms with Crippen LogP contribution in [0.3, 0.4) is 0 Å². The smallest absolute Gasteiger partial charge is 0.343 e. The Morgan fingerprint density at radius 3 is 2.50 bits per heavy atom. The largest absolute Gasteiger partial charge is 0.355 e. The molecule has 0 bridgehead atoms. The van der Waals surface area contributed by atoms with Crippen LogP contribution in [-0.4, -0.2) is 33.4 Å². The van der Waals surface area contributed by atoms with Crippen LogP contribution in [0.15, 0.2) is 47.4 Å². The number of nitrogens with zero attached hydrogens (tertiary/aromatic N) is 2. The first-order valence-corrected chi connectivity index (χ1v) is 10.7. The molecule has 0 aliphatic carbocycles. The summed E-state index contributed by atoms with van der Waals surface area (Å²) in [6, 6.07) is 6.58. The van der Waals surface area contributed by atoms with Gasteiger partial charge in [0.2, 0.25) is 5.91 Å². The zero-order valence-corrected chi connectivity index (χ0v) is 17.2. The van der Waals surface area contributed by atoms with E-state index in [9.17, 15) is 26.8 Å². The molecule has 3 rings (SSSR count). The van der Waals surface area contributed by atoms with Gasteiger partial charge in [0.25, 0.3) is 10.0 Å². The molecule has 7 nitrogen and oxygen atoms in total. The number of nitrogens with one attached hydrogen (secondary N) is 1. The highest BCUT2D eigenvalue weighted by atomic mass is 32.2. The van der Waals surface area contributed by atoms with E-state index in [0.29, 0.717) is 18.5 Å². The van der Waals surface area contributed by atoms with Crippen LogP contribution < -0.4 is 14.5 Å². The standard InChI is InChI=1S/C20H21F2N3O4S/c1-13(2)9-10-23-19(26)12-24-16-5-3-4-6-18(16)30(28,29)25(20(24)27)17-11-14(21)7-8-15(17)22/h3-8,11,13H,9-10,12H2,1-2H3,(H,23,26). The van der Waals surface area contributed by atoms with Gasteiger partial charge in [-0.2, -0.15) is 4.31 Å². The Kier molecular flexibility index (Phi) is 6.06. The van der Waals surface area contributed by atoms with Crippen molar-refractivity contribution in [3.05, 3.63) is 54.1 Å². The molecule has 30 heavy (non-hydrogen) atoms. The van der Waals surface area contributed by atoms with Gasteiger partial charge in [0.05, 0.1) is 5.69 Å². The molecule has 160 valence electrons. The normalized spacial score (nSPS) is 15.3. The van der Waals surface area contributed by atoms with Crippen LogP contribution in [0.5, 0.6) is 0 Å². The van der Waals surface area contributed by atoms with Gasteiger partial charge in [0, 0.05) is 12.6 Å². The predicted molar refractivity (Wildman–Crippen MR) is 108 cm³/mol. The summed E-state index contributed by atoms with van der Waals surface area (Å²) in [6.07, 6.45) is 0.727. The van der Waals surface area contributed by atoms with E-state index in [1.807, 2.05) is 13.8 Å². The number of amides is 3. The molecule has 1 aliphatic heterocycles. The number of para-hydroxylation sites is 1. The van der Waals surface area contributed by atoms with E-state index in [1.165, 1.54) is 24.3 Å². The molecule has 2 aromatic rings. The summed E-state index contributed by atoms with van der Waals surface area (Å²) in [6.45, 7) is 3.90. The first kappa shape index (κ1) is 21.7. The highest BCUT2D eigenvalue weighted by Gasteiger charge is 2.44. The third-order valence-electron chi connectivity index (χ3n) is 4.55. The lowest BCUT2D eigenvalue weighted by Crippen LogP contribution is -2.54. The second kappa shape index (κ2) is 8.39. The lowest BCUT2D eigenvalue weighted by molar-refractivity contribution is -0.119. The third-order valence-corrected chi connectivity index (χ3v) is 6.29. The average molecular weight is 437 g/mol. The molecule has 2 aromatic carbocycles. The Balaban J connectivity index is 2.02. The molecule has 0 spiro atoms. The van der Waals surface area contributed by atoms with Crippen molar-refractivity contribution < 1.29 is 26.8 Å². The molecular formula is C20H21F2N3O4S. The average Bonchev–Trinajstić information content (AvgIpc) is 2.67. The molecule has 3 amide bonds. The van der Waals surface area contributed by atoms with Crippen LogP contribution in [0.25, 0.3) is 0 Å². The Bertz CT molecular complexity index is 1090. The van der Waals surface area contributed by atoms with Crippen LogP contribution in [-0.2, 0) is 14.8 Å². The van der Waals surface area contributed by atoms with Gasteiger partial charge in [0.1, 0.15) is 28.8 Å². The number of sulfonamides is 1. The SMILES string of the molecule is CC(C)CCNC(=O)CN1C(=O)N(c2cc(F)ccc2F)S(=O)(=O)c2ccccc21. The lowest BCUT2D eigenvalue weighted by Gasteiger charge is -2.35. The minimum absolute atomic E-state index is 0.00503. The fourth-order valence-electron chi connectivity index (χ4n) is 3.04. The Labute approximate surface area is 173 Å². The summed E-state index contributed by atoms with van der Waals surface area (Å²) in [5.41, 5.74) is -0.755. The summed E-state index contributed by atoms with van der Waals surface area (Å²) in [7, 11) is -4.52. The van der Waals surface area contributed by atoms with Crippen molar-refractivity contribution in [1.29, 1.82) is 0 Å². The Morgan fingerprint density at radius 2 is 1.80 bits per heavy atom. The number of rotatable bonds is 6. The van der Waals surface area contributed by atoms with Gasteiger partial charge in [-0.3, -0.25) is 9.69 Å². The maximum Gasteiger partial charge on any atom is 0.343 e. The maximum absolute atomic E-state index is 14.4.